The Labute approximate surface area is 272 Å². The number of nitrogens with zero attached hydrogens (tertiary/aromatic N) is 1. The number of phenolic OH excluding ortho intramolecular Hbond substituents is 1. The molecule has 5 rings (SSSR count). The second kappa shape index (κ2) is 13.8. The highest BCUT2D eigenvalue weighted by atomic mass is 127. The lowest BCUT2D eigenvalue weighted by atomic mass is 9.58. The van der Waals surface area contributed by atoms with Crippen LogP contribution in [0.2, 0.25) is 6.32 Å². The molecule has 12 heteroatoms. The number of methoxy groups -OCH3 is 1. The predicted octanol–water partition coefficient (Wildman–Crippen LogP) is 4.06. The van der Waals surface area contributed by atoms with Gasteiger partial charge < -0.3 is 29.6 Å². The van der Waals surface area contributed by atoms with Gasteiger partial charge in [-0.2, -0.15) is 0 Å². The fourth-order valence-electron chi connectivity index (χ4n) is 7.16. The molecule has 0 saturated carbocycles. The summed E-state index contributed by atoms with van der Waals surface area (Å²) in [4.78, 5) is 28.8. The molecule has 2 aliphatic heterocycles. The van der Waals surface area contributed by atoms with Crippen molar-refractivity contribution in [2.45, 2.75) is 64.8 Å². The first kappa shape index (κ1) is 32.7. The fraction of sp³-hybridized carbons (Fsp3) is 0.438. The first-order valence-corrected chi connectivity index (χ1v) is 16.3. The van der Waals surface area contributed by atoms with Crippen molar-refractivity contribution < 1.29 is 39.2 Å². The number of amides is 2. The van der Waals surface area contributed by atoms with E-state index in [4.69, 9.17) is 9.39 Å². The van der Waals surface area contributed by atoms with E-state index >= 15 is 0 Å². The second-order valence-corrected chi connectivity index (χ2v) is 13.0. The first-order valence-electron chi connectivity index (χ1n) is 15.2. The van der Waals surface area contributed by atoms with Crippen molar-refractivity contribution in [3.8, 4) is 11.5 Å². The minimum Gasteiger partial charge on any atom is -0.504 e. The normalized spacial score (nSPS) is 23.7. The summed E-state index contributed by atoms with van der Waals surface area (Å²) in [7, 11) is -1.25. The number of halogens is 1. The number of fused-ring (bicyclic) bond motifs is 3. The molecule has 9 nitrogen and oxygen atoms in total. The molecule has 2 heterocycles. The molecule has 4 atom stereocenters. The molecule has 0 spiro atoms. The number of hydrogen-bond donors (Lipinski definition) is 4. The van der Waals surface area contributed by atoms with Gasteiger partial charge in [-0.3, -0.25) is 14.5 Å². The van der Waals surface area contributed by atoms with E-state index in [1.807, 2.05) is 12.1 Å². The number of imide groups is 1. The average Bonchev–Trinajstić information content (AvgIpc) is 3.25. The van der Waals surface area contributed by atoms with E-state index < -0.39 is 26.1 Å². The Morgan fingerprint density at radius 3 is 2.61 bits per heavy atom. The highest BCUT2D eigenvalue weighted by Crippen LogP contribution is 2.52. The zero-order chi connectivity index (χ0) is 31.7. The maximum absolute atomic E-state index is 14.0. The van der Waals surface area contributed by atoms with E-state index in [9.17, 15) is 29.8 Å². The summed E-state index contributed by atoms with van der Waals surface area (Å²) < 4.78 is 12.2. The van der Waals surface area contributed by atoms with Crippen molar-refractivity contribution in [3.05, 3.63) is 62.3 Å². The lowest BCUT2D eigenvalue weighted by molar-refractivity contribution is -0.122. The van der Waals surface area contributed by atoms with Gasteiger partial charge in [-0.15, -0.1) is 0 Å². The Bertz CT molecular complexity index is 1490. The topological polar surface area (TPSA) is 137 Å². The van der Waals surface area contributed by atoms with E-state index in [-0.39, 0.29) is 41.4 Å². The maximum atomic E-state index is 14.0. The third-order valence-corrected chi connectivity index (χ3v) is 9.92. The number of carbonyl (C=O) groups excluding carboxylic acids is 2. The van der Waals surface area contributed by atoms with Crippen LogP contribution in [0.15, 0.2) is 53.1 Å². The number of anilines is 1. The minimum absolute atomic E-state index is 0.116. The molecule has 0 radical (unpaired) electrons. The molecular weight excluding hydrogens is 675 g/mol. The quantitative estimate of drug-likeness (QED) is 0.125. The van der Waals surface area contributed by atoms with Gasteiger partial charge in [0.25, 0.3) is 0 Å². The summed E-state index contributed by atoms with van der Waals surface area (Å²) >= 11 is 2.09. The number of ether oxygens (including phenoxy) is 1. The average molecular weight is 713 g/mol. The number of rotatable bonds is 10. The van der Waals surface area contributed by atoms with Crippen molar-refractivity contribution in [1.29, 1.82) is 0 Å². The van der Waals surface area contributed by atoms with Crippen molar-refractivity contribution >= 4 is 65.9 Å². The summed E-state index contributed by atoms with van der Waals surface area (Å²) in [5.41, 5.74) is 4.79. The molecule has 4 N–H and O–H groups in total. The zero-order valence-electron chi connectivity index (χ0n) is 25.2. The lowest BCUT2D eigenvalue weighted by Gasteiger charge is -2.43. The second-order valence-electron chi connectivity index (χ2n) is 11.8. The van der Waals surface area contributed by atoms with Crippen LogP contribution in [0.4, 0.5) is 5.69 Å². The SMILES string of the molecule is CCC/C(=C\c1cc(I)c(O)c(OC)c1)CC[C@H]1OB(O)C[C@H]2C1=C(CC)C[C@H]1C(=O)N(c3cccc(B(O)O)c3)C(=O)[C@H]12. The zero-order valence-corrected chi connectivity index (χ0v) is 27.4. The van der Waals surface area contributed by atoms with Gasteiger partial charge in [0.15, 0.2) is 11.5 Å². The number of phenols is 1. The number of hydrogen-bond acceptors (Lipinski definition) is 8. The third-order valence-electron chi connectivity index (χ3n) is 9.10. The molecule has 2 fully saturated rings. The van der Waals surface area contributed by atoms with E-state index in [1.165, 1.54) is 29.7 Å². The molecule has 0 aromatic heterocycles. The Morgan fingerprint density at radius 1 is 1.16 bits per heavy atom. The van der Waals surface area contributed by atoms with Gasteiger partial charge in [0.05, 0.1) is 34.3 Å². The molecule has 2 aromatic carbocycles. The van der Waals surface area contributed by atoms with Crippen LogP contribution < -0.4 is 15.1 Å². The van der Waals surface area contributed by atoms with Crippen LogP contribution in [0.25, 0.3) is 6.08 Å². The van der Waals surface area contributed by atoms with Gasteiger partial charge in [-0.1, -0.05) is 49.6 Å². The summed E-state index contributed by atoms with van der Waals surface area (Å²) in [6.45, 7) is 4.17. The van der Waals surface area contributed by atoms with Crippen LogP contribution in [-0.4, -0.2) is 59.4 Å². The van der Waals surface area contributed by atoms with Crippen molar-refractivity contribution in [1.82, 2.24) is 0 Å². The van der Waals surface area contributed by atoms with Crippen LogP contribution in [0, 0.1) is 21.3 Å². The van der Waals surface area contributed by atoms with Crippen LogP contribution in [0.1, 0.15) is 57.9 Å². The van der Waals surface area contributed by atoms with Crippen LogP contribution in [0.5, 0.6) is 11.5 Å². The van der Waals surface area contributed by atoms with Gasteiger partial charge in [0.1, 0.15) is 0 Å². The van der Waals surface area contributed by atoms with Crippen LogP contribution >= 0.6 is 22.6 Å². The van der Waals surface area contributed by atoms with E-state index in [0.29, 0.717) is 40.7 Å². The van der Waals surface area contributed by atoms with Gasteiger partial charge in [-0.05, 0) is 108 Å². The van der Waals surface area contributed by atoms with Gasteiger partial charge in [-0.25, -0.2) is 0 Å². The molecule has 2 amide bonds. The predicted molar refractivity (Wildman–Crippen MR) is 178 cm³/mol. The third kappa shape index (κ3) is 6.37. The lowest BCUT2D eigenvalue weighted by Crippen LogP contribution is -2.46. The molecule has 44 heavy (non-hydrogen) atoms. The molecule has 2 saturated heterocycles. The van der Waals surface area contributed by atoms with Gasteiger partial charge in [0, 0.05) is 0 Å². The number of allylic oxidation sites excluding steroid dienone is 2. The number of aromatic hydroxyl groups is 1. The molecule has 2 aromatic rings. The monoisotopic (exact) mass is 713 g/mol. The Hall–Kier alpha value is -2.64. The van der Waals surface area contributed by atoms with Crippen LogP contribution in [-0.2, 0) is 14.2 Å². The van der Waals surface area contributed by atoms with Crippen molar-refractivity contribution in [2.24, 2.45) is 17.8 Å². The molecule has 0 bridgehead atoms. The number of carbonyl (C=O) groups is 2. The minimum atomic E-state index is -1.72. The van der Waals surface area contributed by atoms with Gasteiger partial charge >= 0.3 is 14.2 Å². The molecule has 0 unspecified atom stereocenters. The highest BCUT2D eigenvalue weighted by molar-refractivity contribution is 14.1. The van der Waals surface area contributed by atoms with Crippen LogP contribution in [0.3, 0.4) is 0 Å². The smallest absolute Gasteiger partial charge is 0.488 e. The first-order chi connectivity index (χ1) is 21.1. The molecular formula is C32H38B2INO8. The summed E-state index contributed by atoms with van der Waals surface area (Å²) in [6, 6.07) is 9.94. The van der Waals surface area contributed by atoms with Crippen molar-refractivity contribution in [3.63, 3.8) is 0 Å². The fourth-order valence-corrected chi connectivity index (χ4v) is 7.78. The van der Waals surface area contributed by atoms with Gasteiger partial charge in [0.2, 0.25) is 11.8 Å². The largest absolute Gasteiger partial charge is 0.504 e. The Kier molecular flexibility index (Phi) is 10.3. The van der Waals surface area contributed by atoms with E-state index in [2.05, 4.69) is 42.5 Å². The van der Waals surface area contributed by atoms with E-state index in [1.54, 1.807) is 12.1 Å². The summed E-state index contributed by atoms with van der Waals surface area (Å²) in [6.07, 6.45) is 6.27. The summed E-state index contributed by atoms with van der Waals surface area (Å²) in [5, 5.41) is 40.5. The number of benzene rings is 2. The Balaban J connectivity index is 1.43. The summed E-state index contributed by atoms with van der Waals surface area (Å²) in [5.74, 6) is -1.57. The maximum Gasteiger partial charge on any atom is 0.488 e. The highest BCUT2D eigenvalue weighted by Gasteiger charge is 2.57. The molecule has 1 aliphatic carbocycles. The standard InChI is InChI=1S/C32H38B2INO8/c1-4-7-18(12-19-13-25(35)30(37)27(14-19)43-3)10-11-26-28-20(5-2)15-23-29(24(28)17-33(40)44-26)32(39)36(31(23)38)22-9-6-8-21(16-22)34(41)42/h6,8-9,12-14,16,23-24,26,29,37,40-42H,4-5,7,10-11,15,17H2,1-3H3/b18-12+/t23-,24+,26-,29-/m1/s1. The molecule has 232 valence electrons. The van der Waals surface area contributed by atoms with E-state index in [0.717, 1.165) is 29.6 Å². The molecule has 3 aliphatic rings. The Morgan fingerprint density at radius 2 is 1.93 bits per heavy atom. The van der Waals surface area contributed by atoms with Crippen molar-refractivity contribution in [2.75, 3.05) is 12.0 Å².